The van der Waals surface area contributed by atoms with Crippen molar-refractivity contribution in [1.29, 1.82) is 0 Å². The van der Waals surface area contributed by atoms with Crippen LogP contribution in [0.5, 0.6) is 0 Å². The average molecular weight is 186 g/mol. The number of carboxylic acid groups (broad SMARTS) is 1. The molecule has 0 radical (unpaired) electrons. The third-order valence-electron chi connectivity index (χ3n) is 2.58. The van der Waals surface area contributed by atoms with E-state index in [0.717, 1.165) is 25.6 Å². The van der Waals surface area contributed by atoms with Crippen molar-refractivity contribution in [3.63, 3.8) is 0 Å². The molecule has 0 bridgehead atoms. The van der Waals surface area contributed by atoms with Crippen LogP contribution in [0.1, 0.15) is 19.8 Å². The fraction of sp³-hybridized carbons (Fsp3) is 0.889. The second-order valence-corrected chi connectivity index (χ2v) is 3.76. The van der Waals surface area contributed by atoms with Crippen LogP contribution in [-0.4, -0.2) is 42.3 Å². The zero-order chi connectivity index (χ0) is 9.68. The zero-order valence-electron chi connectivity index (χ0n) is 8.12. The molecule has 1 aliphatic heterocycles. The number of rotatable bonds is 3. The van der Waals surface area contributed by atoms with Gasteiger partial charge in [-0.3, -0.25) is 0 Å². The highest BCUT2D eigenvalue weighted by Gasteiger charge is 2.14. The van der Waals surface area contributed by atoms with Crippen LogP contribution in [0.2, 0.25) is 0 Å². The summed E-state index contributed by atoms with van der Waals surface area (Å²) in [6, 6.07) is 0. The predicted molar refractivity (Wildman–Crippen MR) is 50.9 cm³/mol. The van der Waals surface area contributed by atoms with Gasteiger partial charge in [-0.2, -0.15) is 0 Å². The van der Waals surface area contributed by atoms with Crippen LogP contribution in [-0.2, 0) is 0 Å². The summed E-state index contributed by atoms with van der Waals surface area (Å²) in [6.45, 7) is 5.89. The second-order valence-electron chi connectivity index (χ2n) is 3.76. The van der Waals surface area contributed by atoms with Gasteiger partial charge in [0.25, 0.3) is 0 Å². The van der Waals surface area contributed by atoms with Crippen molar-refractivity contribution in [3.8, 4) is 0 Å². The molecule has 4 heteroatoms. The van der Waals surface area contributed by atoms with E-state index >= 15 is 0 Å². The molecule has 0 aromatic heterocycles. The van der Waals surface area contributed by atoms with Crippen molar-refractivity contribution < 1.29 is 9.90 Å². The second kappa shape index (κ2) is 5.07. The van der Waals surface area contributed by atoms with Crippen molar-refractivity contribution in [2.45, 2.75) is 19.8 Å². The minimum Gasteiger partial charge on any atom is -0.465 e. The molecule has 0 unspecified atom stereocenters. The van der Waals surface area contributed by atoms with Gasteiger partial charge < -0.3 is 15.3 Å². The lowest BCUT2D eigenvalue weighted by Gasteiger charge is -2.29. The largest absolute Gasteiger partial charge is 0.465 e. The number of nitrogens with one attached hydrogen (secondary N) is 1. The maximum Gasteiger partial charge on any atom is 0.404 e. The lowest BCUT2D eigenvalue weighted by atomic mass is 9.99. The molecule has 2 N–H and O–H groups in total. The summed E-state index contributed by atoms with van der Waals surface area (Å²) in [7, 11) is 0. The van der Waals surface area contributed by atoms with Crippen LogP contribution >= 0.6 is 0 Å². The highest BCUT2D eigenvalue weighted by molar-refractivity contribution is 5.64. The summed E-state index contributed by atoms with van der Waals surface area (Å²) in [5.74, 6) is 0.837. The first kappa shape index (κ1) is 10.3. The fourth-order valence-electron chi connectivity index (χ4n) is 1.61. The third kappa shape index (κ3) is 4.12. The Hall–Kier alpha value is -0.770. The van der Waals surface area contributed by atoms with Gasteiger partial charge in [0, 0.05) is 13.1 Å². The first-order chi connectivity index (χ1) is 6.18. The zero-order valence-corrected chi connectivity index (χ0v) is 8.12. The molecule has 4 nitrogen and oxygen atoms in total. The van der Waals surface area contributed by atoms with Crippen LogP contribution in [0.15, 0.2) is 0 Å². The highest BCUT2D eigenvalue weighted by Crippen LogP contribution is 2.14. The van der Waals surface area contributed by atoms with Gasteiger partial charge in [-0.25, -0.2) is 4.79 Å². The van der Waals surface area contributed by atoms with Gasteiger partial charge in [0.2, 0.25) is 0 Å². The molecule has 0 saturated carbocycles. The standard InChI is InChI=1S/C9H18N2O2/c1-8-2-5-11(6-3-8)7-4-10-9(12)13/h8,10H,2-7H2,1H3,(H,12,13). The van der Waals surface area contributed by atoms with Crippen molar-refractivity contribution in [3.05, 3.63) is 0 Å². The summed E-state index contributed by atoms with van der Waals surface area (Å²) in [6.07, 6.45) is 1.56. The van der Waals surface area contributed by atoms with Gasteiger partial charge in [0.05, 0.1) is 0 Å². The number of likely N-dealkylation sites (tertiary alicyclic amines) is 1. The van der Waals surface area contributed by atoms with Crippen LogP contribution in [0.4, 0.5) is 4.79 Å². The predicted octanol–water partition coefficient (Wildman–Crippen LogP) is 0.986. The Labute approximate surface area is 78.9 Å². The number of nitrogens with zero attached hydrogens (tertiary/aromatic N) is 1. The smallest absolute Gasteiger partial charge is 0.404 e. The summed E-state index contributed by atoms with van der Waals surface area (Å²) in [5, 5.41) is 10.7. The molecule has 13 heavy (non-hydrogen) atoms. The summed E-state index contributed by atoms with van der Waals surface area (Å²) in [5.41, 5.74) is 0. The monoisotopic (exact) mass is 186 g/mol. The van der Waals surface area contributed by atoms with E-state index in [1.807, 2.05) is 0 Å². The van der Waals surface area contributed by atoms with Crippen molar-refractivity contribution in [1.82, 2.24) is 10.2 Å². The van der Waals surface area contributed by atoms with Crippen LogP contribution in [0, 0.1) is 5.92 Å². The lowest BCUT2D eigenvalue weighted by Crippen LogP contribution is -2.38. The van der Waals surface area contributed by atoms with Gasteiger partial charge in [0.15, 0.2) is 0 Å². The molecule has 1 amide bonds. The first-order valence-corrected chi connectivity index (χ1v) is 4.87. The van der Waals surface area contributed by atoms with Gasteiger partial charge in [0.1, 0.15) is 0 Å². The number of piperidine rings is 1. The molecule has 1 fully saturated rings. The Bertz CT molecular complexity index is 165. The topological polar surface area (TPSA) is 52.6 Å². The normalized spacial score (nSPS) is 20.1. The molecule has 1 rings (SSSR count). The van der Waals surface area contributed by atoms with Gasteiger partial charge in [-0.1, -0.05) is 6.92 Å². The minimum absolute atomic E-state index is 0.545. The van der Waals surface area contributed by atoms with Crippen LogP contribution < -0.4 is 5.32 Å². The maximum absolute atomic E-state index is 10.2. The Balaban J connectivity index is 2.05. The fourth-order valence-corrected chi connectivity index (χ4v) is 1.61. The maximum atomic E-state index is 10.2. The summed E-state index contributed by atoms with van der Waals surface area (Å²) < 4.78 is 0. The Morgan fingerprint density at radius 2 is 2.15 bits per heavy atom. The Morgan fingerprint density at radius 1 is 1.54 bits per heavy atom. The van der Waals surface area contributed by atoms with E-state index in [2.05, 4.69) is 17.1 Å². The van der Waals surface area contributed by atoms with Crippen molar-refractivity contribution >= 4 is 6.09 Å². The number of hydrogen-bond donors (Lipinski definition) is 2. The molecule has 1 heterocycles. The van der Waals surface area contributed by atoms with E-state index in [4.69, 9.17) is 5.11 Å². The Kier molecular flexibility index (Phi) is 4.02. The molecule has 0 aliphatic carbocycles. The van der Waals surface area contributed by atoms with E-state index in [0.29, 0.717) is 6.54 Å². The van der Waals surface area contributed by atoms with E-state index in [1.165, 1.54) is 12.8 Å². The Morgan fingerprint density at radius 3 is 2.69 bits per heavy atom. The van der Waals surface area contributed by atoms with E-state index < -0.39 is 6.09 Å². The van der Waals surface area contributed by atoms with E-state index in [9.17, 15) is 4.79 Å². The third-order valence-corrected chi connectivity index (χ3v) is 2.58. The average Bonchev–Trinajstić information content (AvgIpc) is 2.08. The molecule has 1 saturated heterocycles. The summed E-state index contributed by atoms with van der Waals surface area (Å²) in [4.78, 5) is 12.5. The van der Waals surface area contributed by atoms with Gasteiger partial charge in [-0.05, 0) is 31.8 Å². The SMILES string of the molecule is CC1CCN(CCNC(=O)O)CC1. The van der Waals surface area contributed by atoms with Gasteiger partial charge in [-0.15, -0.1) is 0 Å². The van der Waals surface area contributed by atoms with Crippen LogP contribution in [0.25, 0.3) is 0 Å². The molecular weight excluding hydrogens is 168 g/mol. The molecular formula is C9H18N2O2. The molecule has 76 valence electrons. The highest BCUT2D eigenvalue weighted by atomic mass is 16.4. The molecule has 0 aromatic rings. The number of hydrogen-bond acceptors (Lipinski definition) is 2. The quantitative estimate of drug-likeness (QED) is 0.691. The molecule has 0 aromatic carbocycles. The lowest BCUT2D eigenvalue weighted by molar-refractivity contribution is 0.178. The van der Waals surface area contributed by atoms with Crippen LogP contribution in [0.3, 0.4) is 0 Å². The van der Waals surface area contributed by atoms with Crippen molar-refractivity contribution in [2.24, 2.45) is 5.92 Å². The number of amides is 1. The van der Waals surface area contributed by atoms with E-state index in [1.54, 1.807) is 0 Å². The van der Waals surface area contributed by atoms with E-state index in [-0.39, 0.29) is 0 Å². The number of carbonyl (C=O) groups is 1. The minimum atomic E-state index is -0.926. The molecule has 0 atom stereocenters. The molecule has 1 aliphatic rings. The summed E-state index contributed by atoms with van der Waals surface area (Å²) >= 11 is 0. The molecule has 0 spiro atoms. The first-order valence-electron chi connectivity index (χ1n) is 4.87. The van der Waals surface area contributed by atoms with Crippen molar-refractivity contribution in [2.75, 3.05) is 26.2 Å². The van der Waals surface area contributed by atoms with Gasteiger partial charge >= 0.3 is 6.09 Å².